The van der Waals surface area contributed by atoms with Crippen molar-refractivity contribution < 1.29 is 9.53 Å². The van der Waals surface area contributed by atoms with Crippen molar-refractivity contribution in [3.63, 3.8) is 0 Å². The fourth-order valence-corrected chi connectivity index (χ4v) is 2.21. The molecule has 0 saturated heterocycles. The largest absolute Gasteiger partial charge is 0.462 e. The molecule has 0 unspecified atom stereocenters. The Labute approximate surface area is 120 Å². The molecule has 2 rings (SSSR count). The van der Waals surface area contributed by atoms with Gasteiger partial charge in [0.05, 0.1) is 27.9 Å². The van der Waals surface area contributed by atoms with Crippen LogP contribution in [0.25, 0.3) is 17.0 Å². The number of hydrogen-bond acceptors (Lipinski definition) is 3. The highest BCUT2D eigenvalue weighted by Gasteiger charge is 2.18. The molecule has 3 nitrogen and oxygen atoms in total. The molecule has 0 spiro atoms. The molecule has 98 valence electrons. The van der Waals surface area contributed by atoms with Crippen molar-refractivity contribution in [2.75, 3.05) is 6.61 Å². The Morgan fingerprint density at radius 1 is 1.42 bits per heavy atom. The van der Waals surface area contributed by atoms with Crippen molar-refractivity contribution >= 4 is 46.2 Å². The minimum atomic E-state index is -0.497. The number of carbonyl (C=O) groups excluding carboxylic acids is 1. The normalized spacial score (nSPS) is 10.5. The van der Waals surface area contributed by atoms with Crippen molar-refractivity contribution in [3.05, 3.63) is 46.1 Å². The van der Waals surface area contributed by atoms with Crippen LogP contribution in [0.15, 0.2) is 24.8 Å². The maximum absolute atomic E-state index is 12.0. The van der Waals surface area contributed by atoms with Crippen LogP contribution in [-0.4, -0.2) is 17.6 Å². The molecular formula is C14H11Cl2NO2. The van der Waals surface area contributed by atoms with E-state index in [-0.39, 0.29) is 12.2 Å². The third kappa shape index (κ3) is 2.57. The van der Waals surface area contributed by atoms with E-state index in [4.69, 9.17) is 27.9 Å². The Bertz CT molecular complexity index is 668. The van der Waals surface area contributed by atoms with Crippen LogP contribution in [0.2, 0.25) is 10.0 Å². The van der Waals surface area contributed by atoms with Crippen LogP contribution in [0.3, 0.4) is 0 Å². The van der Waals surface area contributed by atoms with Crippen LogP contribution in [0.4, 0.5) is 0 Å². The molecule has 19 heavy (non-hydrogen) atoms. The maximum Gasteiger partial charge on any atom is 0.341 e. The van der Waals surface area contributed by atoms with E-state index < -0.39 is 5.97 Å². The first kappa shape index (κ1) is 13.8. The molecule has 0 N–H and O–H groups in total. The topological polar surface area (TPSA) is 39.2 Å². The standard InChI is InChI=1S/C14H11Cl2NO2/c1-3-11-10(16)7-8-5-6-9(15)12(13(8)17-11)14(18)19-4-2/h3,5-7H,1,4H2,2H3. The number of benzene rings is 1. The zero-order valence-corrected chi connectivity index (χ0v) is 11.8. The average Bonchev–Trinajstić information content (AvgIpc) is 2.38. The van der Waals surface area contributed by atoms with E-state index in [2.05, 4.69) is 11.6 Å². The average molecular weight is 296 g/mol. The van der Waals surface area contributed by atoms with Crippen molar-refractivity contribution in [3.8, 4) is 0 Å². The second-order valence-corrected chi connectivity index (χ2v) is 4.59. The van der Waals surface area contributed by atoms with E-state index in [0.717, 1.165) is 5.39 Å². The Morgan fingerprint density at radius 3 is 2.79 bits per heavy atom. The summed E-state index contributed by atoms with van der Waals surface area (Å²) < 4.78 is 5.00. The number of esters is 1. The number of fused-ring (bicyclic) bond motifs is 1. The second-order valence-electron chi connectivity index (χ2n) is 3.77. The molecule has 2 aromatic rings. The summed E-state index contributed by atoms with van der Waals surface area (Å²) in [5.74, 6) is -0.497. The van der Waals surface area contributed by atoms with Gasteiger partial charge in [0.1, 0.15) is 5.56 Å². The lowest BCUT2D eigenvalue weighted by atomic mass is 10.1. The molecule has 1 aromatic carbocycles. The van der Waals surface area contributed by atoms with Crippen LogP contribution in [0.1, 0.15) is 23.0 Å². The van der Waals surface area contributed by atoms with Crippen molar-refractivity contribution in [1.29, 1.82) is 0 Å². The lowest BCUT2D eigenvalue weighted by Gasteiger charge is -2.09. The number of nitrogens with zero attached hydrogens (tertiary/aromatic N) is 1. The van der Waals surface area contributed by atoms with Gasteiger partial charge in [0.2, 0.25) is 0 Å². The highest BCUT2D eigenvalue weighted by atomic mass is 35.5. The first-order valence-electron chi connectivity index (χ1n) is 5.66. The zero-order valence-electron chi connectivity index (χ0n) is 10.2. The summed E-state index contributed by atoms with van der Waals surface area (Å²) in [6.07, 6.45) is 1.53. The summed E-state index contributed by atoms with van der Waals surface area (Å²) in [7, 11) is 0. The molecule has 0 aliphatic heterocycles. The number of aromatic nitrogens is 1. The summed E-state index contributed by atoms with van der Waals surface area (Å²) in [4.78, 5) is 16.3. The number of halogens is 2. The molecule has 0 saturated carbocycles. The SMILES string of the molecule is C=Cc1nc2c(C(=O)OCC)c(Cl)ccc2cc1Cl. The quantitative estimate of drug-likeness (QED) is 0.790. The molecular weight excluding hydrogens is 285 g/mol. The summed E-state index contributed by atoms with van der Waals surface area (Å²) in [5.41, 5.74) is 1.22. The van der Waals surface area contributed by atoms with Crippen LogP contribution in [0, 0.1) is 0 Å². The molecule has 0 aliphatic rings. The van der Waals surface area contributed by atoms with Gasteiger partial charge in [-0.2, -0.15) is 0 Å². The van der Waals surface area contributed by atoms with E-state index in [0.29, 0.717) is 21.3 Å². The summed E-state index contributed by atoms with van der Waals surface area (Å²) in [6, 6.07) is 5.10. The van der Waals surface area contributed by atoms with Gasteiger partial charge >= 0.3 is 5.97 Å². The molecule has 0 fully saturated rings. The fourth-order valence-electron chi connectivity index (χ4n) is 1.74. The smallest absolute Gasteiger partial charge is 0.341 e. The lowest BCUT2D eigenvalue weighted by Crippen LogP contribution is -2.07. The number of rotatable bonds is 3. The Hall–Kier alpha value is -1.58. The lowest BCUT2D eigenvalue weighted by molar-refractivity contribution is 0.0528. The maximum atomic E-state index is 12.0. The molecule has 5 heteroatoms. The van der Waals surface area contributed by atoms with Crippen LogP contribution in [-0.2, 0) is 4.74 Å². The third-order valence-electron chi connectivity index (χ3n) is 2.59. The van der Waals surface area contributed by atoms with Gasteiger partial charge in [-0.3, -0.25) is 0 Å². The first-order valence-corrected chi connectivity index (χ1v) is 6.42. The molecule has 0 radical (unpaired) electrons. The van der Waals surface area contributed by atoms with Crippen molar-refractivity contribution in [1.82, 2.24) is 4.98 Å². The number of ether oxygens (including phenoxy) is 1. The predicted molar refractivity (Wildman–Crippen MR) is 77.8 cm³/mol. The summed E-state index contributed by atoms with van der Waals surface area (Å²) >= 11 is 12.1. The second kappa shape index (κ2) is 5.59. The number of carbonyl (C=O) groups is 1. The first-order chi connectivity index (χ1) is 9.08. The van der Waals surface area contributed by atoms with Gasteiger partial charge in [-0.05, 0) is 25.1 Å². The molecule has 1 aromatic heterocycles. The highest BCUT2D eigenvalue weighted by Crippen LogP contribution is 2.29. The Kier molecular flexibility index (Phi) is 4.08. The Morgan fingerprint density at radius 2 is 2.16 bits per heavy atom. The zero-order chi connectivity index (χ0) is 14.0. The van der Waals surface area contributed by atoms with Gasteiger partial charge < -0.3 is 4.74 Å². The van der Waals surface area contributed by atoms with Crippen molar-refractivity contribution in [2.24, 2.45) is 0 Å². The van der Waals surface area contributed by atoms with Crippen LogP contribution in [0.5, 0.6) is 0 Å². The minimum absolute atomic E-state index is 0.251. The van der Waals surface area contributed by atoms with Crippen LogP contribution < -0.4 is 0 Å². The number of hydrogen-bond donors (Lipinski definition) is 0. The van der Waals surface area contributed by atoms with E-state index in [1.165, 1.54) is 6.08 Å². The summed E-state index contributed by atoms with van der Waals surface area (Å²) in [5, 5.41) is 1.50. The molecule has 0 bridgehead atoms. The number of pyridine rings is 1. The Balaban J connectivity index is 2.76. The monoisotopic (exact) mass is 295 g/mol. The van der Waals surface area contributed by atoms with Crippen LogP contribution >= 0.6 is 23.2 Å². The van der Waals surface area contributed by atoms with Gasteiger partial charge in [0.15, 0.2) is 0 Å². The third-order valence-corrected chi connectivity index (χ3v) is 3.21. The summed E-state index contributed by atoms with van der Waals surface area (Å²) in [6.45, 7) is 5.64. The molecule has 0 aliphatic carbocycles. The molecule has 0 amide bonds. The van der Waals surface area contributed by atoms with E-state index in [9.17, 15) is 4.79 Å². The fraction of sp³-hybridized carbons (Fsp3) is 0.143. The van der Waals surface area contributed by atoms with Gasteiger partial charge in [-0.1, -0.05) is 35.8 Å². The predicted octanol–water partition coefficient (Wildman–Crippen LogP) is 4.36. The van der Waals surface area contributed by atoms with E-state index in [1.807, 2.05) is 0 Å². The van der Waals surface area contributed by atoms with Gasteiger partial charge in [0, 0.05) is 5.39 Å². The van der Waals surface area contributed by atoms with E-state index in [1.54, 1.807) is 25.1 Å². The molecule has 1 heterocycles. The van der Waals surface area contributed by atoms with Crippen molar-refractivity contribution in [2.45, 2.75) is 6.92 Å². The van der Waals surface area contributed by atoms with E-state index >= 15 is 0 Å². The highest BCUT2D eigenvalue weighted by molar-refractivity contribution is 6.36. The minimum Gasteiger partial charge on any atom is -0.462 e. The molecule has 0 atom stereocenters. The van der Waals surface area contributed by atoms with Gasteiger partial charge in [-0.25, -0.2) is 9.78 Å². The van der Waals surface area contributed by atoms with Gasteiger partial charge in [0.25, 0.3) is 0 Å². The van der Waals surface area contributed by atoms with Gasteiger partial charge in [-0.15, -0.1) is 0 Å².